The van der Waals surface area contributed by atoms with Gasteiger partial charge in [-0.3, -0.25) is 9.36 Å². The second kappa shape index (κ2) is 9.09. The van der Waals surface area contributed by atoms with Crippen LogP contribution in [0.3, 0.4) is 0 Å². The summed E-state index contributed by atoms with van der Waals surface area (Å²) < 4.78 is 7.19. The smallest absolute Gasteiger partial charge is 0.251 e. The number of anilines is 1. The van der Waals surface area contributed by atoms with Gasteiger partial charge in [0.15, 0.2) is 35.1 Å². The number of carbonyl (C=O) groups is 1. The molecule has 1 aliphatic rings. The normalized spacial score (nSPS) is 22.1. The fourth-order valence-electron chi connectivity index (χ4n) is 3.80. The van der Waals surface area contributed by atoms with Crippen LogP contribution in [-0.4, -0.2) is 71.0 Å². The number of benzene rings is 1. The number of rotatable bonds is 6. The molecule has 1 amide bonds. The number of likely N-dealkylation sites (N-methyl/N-ethyl adjacent to an activating group) is 1. The molecule has 1 aliphatic heterocycles. The molecule has 0 bridgehead atoms. The highest BCUT2D eigenvalue weighted by molar-refractivity contribution is 5.85. The van der Waals surface area contributed by atoms with Crippen LogP contribution in [0.2, 0.25) is 0 Å². The molecule has 4 heterocycles. The Labute approximate surface area is 193 Å². The third-order valence-corrected chi connectivity index (χ3v) is 5.56. The summed E-state index contributed by atoms with van der Waals surface area (Å²) >= 11 is 0. The monoisotopic (exact) mass is 462 g/mol. The van der Waals surface area contributed by atoms with E-state index in [1.807, 2.05) is 30.3 Å². The van der Waals surface area contributed by atoms with Crippen molar-refractivity contribution in [2.75, 3.05) is 12.4 Å². The number of hydrogen-bond acceptors (Lipinski definition) is 10. The maximum absolute atomic E-state index is 12.1. The number of fused-ring (bicyclic) bond motifs is 1. The molecule has 4 aromatic rings. The highest BCUT2D eigenvalue weighted by Crippen LogP contribution is 2.33. The molecule has 12 heteroatoms. The van der Waals surface area contributed by atoms with Crippen molar-refractivity contribution < 1.29 is 19.7 Å². The molecular weight excluding hydrogens is 440 g/mol. The summed E-state index contributed by atoms with van der Waals surface area (Å²) in [5.74, 6) is 0.254. The minimum absolute atomic E-state index is 0.335. The number of aliphatic hydroxyl groups excluding tert-OH is 2. The van der Waals surface area contributed by atoms with E-state index >= 15 is 0 Å². The van der Waals surface area contributed by atoms with Crippen molar-refractivity contribution in [1.29, 1.82) is 0 Å². The predicted octanol–water partition coefficient (Wildman–Crippen LogP) is 0.261. The molecule has 4 N–H and O–H groups in total. The number of aliphatic hydroxyl groups is 2. The van der Waals surface area contributed by atoms with E-state index in [1.165, 1.54) is 24.3 Å². The number of imidazole rings is 1. The molecule has 0 saturated carbocycles. The molecule has 1 aromatic carbocycles. The molecule has 3 aromatic heterocycles. The first-order valence-corrected chi connectivity index (χ1v) is 10.6. The molecule has 34 heavy (non-hydrogen) atoms. The third-order valence-electron chi connectivity index (χ3n) is 5.56. The lowest BCUT2D eigenvalue weighted by Crippen LogP contribution is -2.41. The Balaban J connectivity index is 1.57. The maximum atomic E-state index is 12.1. The van der Waals surface area contributed by atoms with Crippen LogP contribution >= 0.6 is 0 Å². The molecule has 174 valence electrons. The lowest BCUT2D eigenvalue weighted by Gasteiger charge is -2.17. The molecule has 4 atom stereocenters. The van der Waals surface area contributed by atoms with Crippen LogP contribution in [0.5, 0.6) is 0 Å². The summed E-state index contributed by atoms with van der Waals surface area (Å²) in [4.78, 5) is 33.8. The van der Waals surface area contributed by atoms with Crippen molar-refractivity contribution in [1.82, 2.24) is 34.8 Å². The Hall–Kier alpha value is -4.00. The van der Waals surface area contributed by atoms with E-state index in [0.29, 0.717) is 34.9 Å². The van der Waals surface area contributed by atoms with Gasteiger partial charge in [0.2, 0.25) is 0 Å². The van der Waals surface area contributed by atoms with Gasteiger partial charge in [0, 0.05) is 26.0 Å². The lowest BCUT2D eigenvalue weighted by atomic mass is 10.1. The van der Waals surface area contributed by atoms with E-state index in [0.717, 1.165) is 5.56 Å². The molecule has 12 nitrogen and oxygen atoms in total. The van der Waals surface area contributed by atoms with E-state index in [4.69, 9.17) is 4.74 Å². The van der Waals surface area contributed by atoms with Crippen molar-refractivity contribution in [2.45, 2.75) is 31.1 Å². The molecule has 3 unspecified atom stereocenters. The summed E-state index contributed by atoms with van der Waals surface area (Å²) in [6, 6.07) is 9.80. The SMILES string of the molecule is CNC(=O)[C@@H]1OC(n2cnc3c(NCc4ccccc4)nc(-c4cncnc4)nc32)C(O)C1O. The largest absolute Gasteiger partial charge is 0.387 e. The Morgan fingerprint density at radius 3 is 2.62 bits per heavy atom. The second-order valence-corrected chi connectivity index (χ2v) is 7.73. The van der Waals surface area contributed by atoms with Gasteiger partial charge in [-0.05, 0) is 5.56 Å². The van der Waals surface area contributed by atoms with Crippen molar-refractivity contribution in [3.8, 4) is 11.4 Å². The molecule has 0 spiro atoms. The lowest BCUT2D eigenvalue weighted by molar-refractivity contribution is -0.137. The fourth-order valence-corrected chi connectivity index (χ4v) is 3.80. The molecule has 0 radical (unpaired) electrons. The van der Waals surface area contributed by atoms with Crippen LogP contribution in [0.4, 0.5) is 5.82 Å². The summed E-state index contributed by atoms with van der Waals surface area (Å²) in [5.41, 5.74) is 2.41. The zero-order valence-electron chi connectivity index (χ0n) is 18.1. The Morgan fingerprint density at radius 1 is 1.12 bits per heavy atom. The van der Waals surface area contributed by atoms with Gasteiger partial charge in [-0.2, -0.15) is 0 Å². The maximum Gasteiger partial charge on any atom is 0.251 e. The summed E-state index contributed by atoms with van der Waals surface area (Å²) in [7, 11) is 1.43. The molecule has 5 rings (SSSR count). The van der Waals surface area contributed by atoms with Gasteiger partial charge < -0.3 is 25.6 Å². The number of nitrogens with one attached hydrogen (secondary N) is 2. The zero-order chi connectivity index (χ0) is 23.7. The Kier molecular flexibility index (Phi) is 5.84. The van der Waals surface area contributed by atoms with Crippen LogP contribution in [0.25, 0.3) is 22.6 Å². The molecule has 1 saturated heterocycles. The zero-order valence-corrected chi connectivity index (χ0v) is 18.1. The van der Waals surface area contributed by atoms with Gasteiger partial charge >= 0.3 is 0 Å². The van der Waals surface area contributed by atoms with Gasteiger partial charge in [-0.1, -0.05) is 30.3 Å². The number of amides is 1. The Bertz CT molecular complexity index is 1300. The van der Waals surface area contributed by atoms with E-state index in [1.54, 1.807) is 12.4 Å². The van der Waals surface area contributed by atoms with E-state index in [2.05, 4.69) is 35.6 Å². The quantitative estimate of drug-likeness (QED) is 0.313. The van der Waals surface area contributed by atoms with Gasteiger partial charge in [-0.25, -0.2) is 24.9 Å². The summed E-state index contributed by atoms with van der Waals surface area (Å²) in [6.07, 6.45) is 0.904. The van der Waals surface area contributed by atoms with Crippen molar-refractivity contribution >= 4 is 22.9 Å². The highest BCUT2D eigenvalue weighted by Gasteiger charge is 2.47. The van der Waals surface area contributed by atoms with Crippen molar-refractivity contribution in [3.05, 3.63) is 60.9 Å². The van der Waals surface area contributed by atoms with Crippen LogP contribution in [-0.2, 0) is 16.1 Å². The average molecular weight is 462 g/mol. The summed E-state index contributed by atoms with van der Waals surface area (Å²) in [6.45, 7) is 0.491. The number of nitrogens with zero attached hydrogens (tertiary/aromatic N) is 6. The van der Waals surface area contributed by atoms with E-state index in [9.17, 15) is 15.0 Å². The average Bonchev–Trinajstić information content (AvgIpc) is 3.44. The topological polar surface area (TPSA) is 160 Å². The van der Waals surface area contributed by atoms with Crippen LogP contribution in [0.1, 0.15) is 11.8 Å². The number of hydrogen-bond donors (Lipinski definition) is 4. The van der Waals surface area contributed by atoms with Gasteiger partial charge in [0.25, 0.3) is 5.91 Å². The first-order chi connectivity index (χ1) is 16.6. The second-order valence-electron chi connectivity index (χ2n) is 7.73. The molecule has 1 fully saturated rings. The van der Waals surface area contributed by atoms with Gasteiger partial charge in [-0.15, -0.1) is 0 Å². The first-order valence-electron chi connectivity index (χ1n) is 10.6. The first kappa shape index (κ1) is 21.8. The minimum Gasteiger partial charge on any atom is -0.387 e. The third kappa shape index (κ3) is 3.94. The summed E-state index contributed by atoms with van der Waals surface area (Å²) in [5, 5.41) is 26.7. The van der Waals surface area contributed by atoms with Crippen LogP contribution < -0.4 is 10.6 Å². The van der Waals surface area contributed by atoms with Gasteiger partial charge in [0.05, 0.1) is 11.9 Å². The number of carbonyl (C=O) groups excluding carboxylic acids is 1. The van der Waals surface area contributed by atoms with E-state index < -0.39 is 30.4 Å². The van der Waals surface area contributed by atoms with Gasteiger partial charge in [0.1, 0.15) is 18.5 Å². The van der Waals surface area contributed by atoms with Crippen LogP contribution in [0.15, 0.2) is 55.4 Å². The molecular formula is C22H22N8O4. The van der Waals surface area contributed by atoms with E-state index in [-0.39, 0.29) is 0 Å². The number of aromatic nitrogens is 6. The Morgan fingerprint density at radius 2 is 1.88 bits per heavy atom. The molecule has 0 aliphatic carbocycles. The number of ether oxygens (including phenoxy) is 1. The fraction of sp³-hybridized carbons (Fsp3) is 0.273. The van der Waals surface area contributed by atoms with Crippen molar-refractivity contribution in [2.24, 2.45) is 0 Å². The minimum atomic E-state index is -1.41. The standard InChI is InChI=1S/C22H22N8O4/c1-23-21(33)17-15(31)16(32)22(34-17)30-11-27-14-19(26-7-12-5-3-2-4-6-12)28-18(29-20(14)30)13-8-24-10-25-9-13/h2-6,8-11,15-17,22,31-32H,7H2,1H3,(H,23,33)(H,26,28,29)/t15?,16?,17-,22?/m1/s1. The predicted molar refractivity (Wildman–Crippen MR) is 120 cm³/mol. The van der Waals surface area contributed by atoms with Crippen molar-refractivity contribution in [3.63, 3.8) is 0 Å². The highest BCUT2D eigenvalue weighted by atomic mass is 16.6. The van der Waals surface area contributed by atoms with Crippen LogP contribution in [0, 0.1) is 0 Å².